The summed E-state index contributed by atoms with van der Waals surface area (Å²) in [5.41, 5.74) is 18.4. The molecular weight excluding hydrogens is 398 g/mol. The van der Waals surface area contributed by atoms with E-state index in [0.717, 1.165) is 33.7 Å². The molecule has 7 N–H and O–H groups in total. The number of nitrogens with two attached hydrogens (primary N) is 2. The molecule has 0 bridgehead atoms. The van der Waals surface area contributed by atoms with Crippen LogP contribution >= 0.6 is 0 Å². The Bertz CT molecular complexity index is 1120. The Hall–Kier alpha value is -4.13. The molecule has 0 saturated heterocycles. The molecule has 0 amide bonds. The number of allylic oxidation sites excluding steroid dienone is 6. The fourth-order valence-corrected chi connectivity index (χ4v) is 3.23. The fraction of sp³-hybridized carbons (Fsp3) is 0.160. The van der Waals surface area contributed by atoms with Crippen molar-refractivity contribution >= 4 is 24.0 Å². The number of dihydropyridines is 2. The van der Waals surface area contributed by atoms with Crippen LogP contribution in [0.5, 0.6) is 0 Å². The van der Waals surface area contributed by atoms with Gasteiger partial charge < -0.3 is 27.5 Å². The number of hydrogen-bond acceptors (Lipinski definition) is 6. The summed E-state index contributed by atoms with van der Waals surface area (Å²) in [5.74, 6) is 1.13. The second kappa shape index (κ2) is 10.3. The zero-order valence-electron chi connectivity index (χ0n) is 18.6. The van der Waals surface area contributed by atoms with Crippen molar-refractivity contribution in [3.8, 4) is 0 Å². The summed E-state index contributed by atoms with van der Waals surface area (Å²) in [4.78, 5) is 8.65. The number of rotatable bonds is 7. The third kappa shape index (κ3) is 5.31. The minimum atomic E-state index is 0.194. The van der Waals surface area contributed by atoms with Gasteiger partial charge >= 0.3 is 0 Å². The Balaban J connectivity index is 1.90. The molecule has 2 heterocycles. The van der Waals surface area contributed by atoms with Crippen molar-refractivity contribution in [2.24, 2.45) is 27.4 Å². The zero-order valence-corrected chi connectivity index (χ0v) is 18.6. The van der Waals surface area contributed by atoms with Crippen LogP contribution in [0.15, 0.2) is 105 Å². The van der Waals surface area contributed by atoms with Crippen molar-refractivity contribution in [3.63, 3.8) is 0 Å². The summed E-state index contributed by atoms with van der Waals surface area (Å²) in [5, 5.41) is 14.1. The Kier molecular flexibility index (Phi) is 7.23. The number of nitrogens with zero attached hydrogens (tertiary/aromatic N) is 2. The summed E-state index contributed by atoms with van der Waals surface area (Å²) in [6, 6.07) is 9.81. The van der Waals surface area contributed by atoms with E-state index in [1.807, 2.05) is 68.6 Å². The van der Waals surface area contributed by atoms with Crippen molar-refractivity contribution in [2.45, 2.75) is 13.8 Å². The Labute approximate surface area is 188 Å². The molecule has 32 heavy (non-hydrogen) atoms. The predicted octanol–water partition coefficient (Wildman–Crippen LogP) is 3.35. The minimum Gasteiger partial charge on any atom is -0.398 e. The van der Waals surface area contributed by atoms with Gasteiger partial charge in [-0.05, 0) is 41.4 Å². The van der Waals surface area contributed by atoms with E-state index in [1.165, 1.54) is 6.21 Å². The maximum Gasteiger partial charge on any atom is 0.132 e. The first-order chi connectivity index (χ1) is 15.4. The normalized spacial score (nSPS) is 17.4. The van der Waals surface area contributed by atoms with E-state index >= 15 is 0 Å². The molecule has 1 aromatic carbocycles. The van der Waals surface area contributed by atoms with Crippen molar-refractivity contribution < 1.29 is 0 Å². The predicted molar refractivity (Wildman–Crippen MR) is 134 cm³/mol. The summed E-state index contributed by atoms with van der Waals surface area (Å²) >= 11 is 0. The largest absolute Gasteiger partial charge is 0.398 e. The van der Waals surface area contributed by atoms with E-state index in [0.29, 0.717) is 17.4 Å². The number of nitrogens with one attached hydrogen (secondary N) is 3. The second-order valence-corrected chi connectivity index (χ2v) is 7.62. The van der Waals surface area contributed by atoms with Gasteiger partial charge in [0, 0.05) is 42.5 Å². The summed E-state index contributed by atoms with van der Waals surface area (Å²) in [6.07, 6.45) is 12.5. The van der Waals surface area contributed by atoms with Crippen LogP contribution in [-0.4, -0.2) is 25.3 Å². The smallest absolute Gasteiger partial charge is 0.132 e. The van der Waals surface area contributed by atoms with Crippen molar-refractivity contribution in [3.05, 3.63) is 100 Å². The van der Waals surface area contributed by atoms with Crippen LogP contribution < -0.4 is 22.1 Å². The first-order valence-electron chi connectivity index (χ1n) is 10.3. The third-order valence-corrected chi connectivity index (χ3v) is 4.99. The third-order valence-electron chi connectivity index (χ3n) is 4.99. The summed E-state index contributed by atoms with van der Waals surface area (Å²) < 4.78 is 0. The molecule has 0 saturated carbocycles. The average molecular weight is 428 g/mol. The lowest BCUT2D eigenvalue weighted by molar-refractivity contribution is 0.806. The average Bonchev–Trinajstić information content (AvgIpc) is 2.80. The number of fused-ring (bicyclic) bond motifs is 1. The number of aliphatic imine (C=N–C) groups is 2. The molecule has 2 aliphatic heterocycles. The van der Waals surface area contributed by atoms with Crippen molar-refractivity contribution in [2.75, 3.05) is 7.05 Å². The Morgan fingerprint density at radius 3 is 2.50 bits per heavy atom. The Morgan fingerprint density at radius 1 is 1.09 bits per heavy atom. The molecule has 0 unspecified atom stereocenters. The van der Waals surface area contributed by atoms with Gasteiger partial charge in [-0.2, -0.15) is 0 Å². The molecule has 0 atom stereocenters. The second-order valence-electron chi connectivity index (χ2n) is 7.62. The van der Waals surface area contributed by atoms with Gasteiger partial charge in [-0.3, -0.25) is 4.99 Å². The quantitative estimate of drug-likeness (QED) is 0.338. The van der Waals surface area contributed by atoms with Crippen LogP contribution in [0.1, 0.15) is 19.4 Å². The molecule has 0 spiro atoms. The van der Waals surface area contributed by atoms with E-state index in [1.54, 1.807) is 19.3 Å². The lowest BCUT2D eigenvalue weighted by atomic mass is 9.98. The molecule has 0 aromatic heterocycles. The SMILES string of the molecule is CN=CC(C1=CNC2=CC=C(N=C(N)C=C(C=N)C(C)C)NC2=C1)=C(N)c1ccccc1. The molecule has 0 fully saturated rings. The standard InChI is InChI=1S/C25H29N7/c1-16(2)18(13-26)12-23(27)32-24-10-9-21-22(31-24)11-19(14-30-21)20(15-29-3)25(28)17-7-5-4-6-8-17/h4-16,26,30-31H,28H2,1-3H3,(H2,27,32). The topological polar surface area (TPSA) is 125 Å². The number of hydrogen-bond donors (Lipinski definition) is 5. The number of amidine groups is 1. The highest BCUT2D eigenvalue weighted by molar-refractivity contribution is 5.98. The van der Waals surface area contributed by atoms with E-state index in [-0.39, 0.29) is 5.92 Å². The highest BCUT2D eigenvalue weighted by Crippen LogP contribution is 2.26. The molecular formula is C25H29N7. The van der Waals surface area contributed by atoms with Crippen LogP contribution in [0.25, 0.3) is 5.70 Å². The van der Waals surface area contributed by atoms with Crippen LogP contribution in [0, 0.1) is 11.3 Å². The summed E-state index contributed by atoms with van der Waals surface area (Å²) in [7, 11) is 1.72. The lowest BCUT2D eigenvalue weighted by Gasteiger charge is -2.24. The van der Waals surface area contributed by atoms with Gasteiger partial charge in [0.15, 0.2) is 0 Å². The van der Waals surface area contributed by atoms with Gasteiger partial charge in [0.2, 0.25) is 0 Å². The maximum absolute atomic E-state index is 7.52. The minimum absolute atomic E-state index is 0.194. The summed E-state index contributed by atoms with van der Waals surface area (Å²) in [6.45, 7) is 4.02. The highest BCUT2D eigenvalue weighted by atomic mass is 15.1. The monoisotopic (exact) mass is 427 g/mol. The molecule has 0 aliphatic carbocycles. The molecule has 7 nitrogen and oxygen atoms in total. The van der Waals surface area contributed by atoms with Crippen LogP contribution in [0.2, 0.25) is 0 Å². The molecule has 1 aromatic rings. The van der Waals surface area contributed by atoms with E-state index in [2.05, 4.69) is 20.6 Å². The molecule has 7 heteroatoms. The van der Waals surface area contributed by atoms with Gasteiger partial charge in [-0.15, -0.1) is 0 Å². The zero-order chi connectivity index (χ0) is 23.1. The maximum atomic E-state index is 7.52. The van der Waals surface area contributed by atoms with Gasteiger partial charge in [-0.1, -0.05) is 44.2 Å². The fourth-order valence-electron chi connectivity index (χ4n) is 3.23. The van der Waals surface area contributed by atoms with Crippen molar-refractivity contribution in [1.29, 1.82) is 5.41 Å². The Morgan fingerprint density at radius 2 is 1.84 bits per heavy atom. The van der Waals surface area contributed by atoms with Crippen LogP contribution in [0.3, 0.4) is 0 Å². The molecule has 3 rings (SSSR count). The molecule has 0 radical (unpaired) electrons. The van der Waals surface area contributed by atoms with E-state index in [4.69, 9.17) is 16.9 Å². The first kappa shape index (κ1) is 22.6. The van der Waals surface area contributed by atoms with Gasteiger partial charge in [-0.25, -0.2) is 4.99 Å². The lowest BCUT2D eigenvalue weighted by Crippen LogP contribution is -2.27. The van der Waals surface area contributed by atoms with Gasteiger partial charge in [0.1, 0.15) is 11.7 Å². The van der Waals surface area contributed by atoms with E-state index in [9.17, 15) is 0 Å². The molecule has 2 aliphatic rings. The van der Waals surface area contributed by atoms with Crippen molar-refractivity contribution in [1.82, 2.24) is 10.6 Å². The van der Waals surface area contributed by atoms with E-state index < -0.39 is 0 Å². The van der Waals surface area contributed by atoms with Crippen LogP contribution in [-0.2, 0) is 0 Å². The number of benzene rings is 1. The highest BCUT2D eigenvalue weighted by Gasteiger charge is 2.18. The van der Waals surface area contributed by atoms with Gasteiger partial charge in [0.05, 0.1) is 11.4 Å². The van der Waals surface area contributed by atoms with Crippen LogP contribution in [0.4, 0.5) is 0 Å². The molecule has 164 valence electrons. The van der Waals surface area contributed by atoms with Gasteiger partial charge in [0.25, 0.3) is 0 Å². The first-order valence-corrected chi connectivity index (χ1v) is 10.3.